The molecule has 0 amide bonds. The maximum atomic E-state index is 9.68. The van der Waals surface area contributed by atoms with Crippen LogP contribution < -0.4 is 10.1 Å². The zero-order valence-electron chi connectivity index (χ0n) is 13.1. The van der Waals surface area contributed by atoms with E-state index >= 15 is 0 Å². The van der Waals surface area contributed by atoms with E-state index < -0.39 is 0 Å². The van der Waals surface area contributed by atoms with Gasteiger partial charge < -0.3 is 15.2 Å². The number of nitrogens with one attached hydrogen (secondary N) is 1. The number of rotatable bonds is 10. The van der Waals surface area contributed by atoms with Gasteiger partial charge in [-0.15, -0.1) is 0 Å². The fourth-order valence-corrected chi connectivity index (χ4v) is 2.23. The highest BCUT2D eigenvalue weighted by Crippen LogP contribution is 2.25. The Balaban J connectivity index is 2.08. The highest BCUT2D eigenvalue weighted by atomic mass is 16.5. The van der Waals surface area contributed by atoms with Crippen molar-refractivity contribution in [3.63, 3.8) is 0 Å². The van der Waals surface area contributed by atoms with Crippen molar-refractivity contribution in [3.05, 3.63) is 23.8 Å². The third kappa shape index (κ3) is 6.80. The first-order valence-corrected chi connectivity index (χ1v) is 7.70. The van der Waals surface area contributed by atoms with Gasteiger partial charge in [0.05, 0.1) is 7.11 Å². The molecule has 20 heavy (non-hydrogen) atoms. The Morgan fingerprint density at radius 2 is 1.90 bits per heavy atom. The zero-order chi connectivity index (χ0) is 14.8. The van der Waals surface area contributed by atoms with E-state index in [0.29, 0.717) is 5.75 Å². The summed E-state index contributed by atoms with van der Waals surface area (Å²) in [6, 6.07) is 5.54. The Hall–Kier alpha value is -1.22. The minimum Gasteiger partial charge on any atom is -0.504 e. The van der Waals surface area contributed by atoms with Crippen LogP contribution in [0.15, 0.2) is 18.2 Å². The molecular formula is C17H29NO2. The predicted molar refractivity (Wildman–Crippen MR) is 84.3 cm³/mol. The number of hydrogen-bond donors (Lipinski definition) is 2. The van der Waals surface area contributed by atoms with Crippen LogP contribution in [-0.4, -0.2) is 18.8 Å². The molecule has 114 valence electrons. The minimum atomic E-state index is 0.209. The maximum Gasteiger partial charge on any atom is 0.160 e. The number of methoxy groups -OCH3 is 1. The molecule has 0 atom stereocenters. The van der Waals surface area contributed by atoms with E-state index in [9.17, 15) is 5.11 Å². The predicted octanol–water partition coefficient (Wildman–Crippen LogP) is 4.10. The largest absolute Gasteiger partial charge is 0.504 e. The summed E-state index contributed by atoms with van der Waals surface area (Å²) in [6.07, 6.45) is 6.56. The second-order valence-electron chi connectivity index (χ2n) is 5.78. The van der Waals surface area contributed by atoms with Gasteiger partial charge in [0.15, 0.2) is 11.5 Å². The molecule has 0 saturated heterocycles. The van der Waals surface area contributed by atoms with E-state index in [-0.39, 0.29) is 5.75 Å². The number of hydrogen-bond acceptors (Lipinski definition) is 3. The number of unbranched alkanes of at least 4 members (excludes halogenated alkanes) is 3. The first kappa shape index (κ1) is 16.8. The standard InChI is InChI=1S/C17H29NO2/c1-14(2)8-6-4-5-7-11-18-13-15-9-10-17(20-3)16(19)12-15/h9-10,12,14,18-19H,4-8,11,13H2,1-3H3. The molecule has 2 N–H and O–H groups in total. The Morgan fingerprint density at radius 3 is 2.55 bits per heavy atom. The van der Waals surface area contributed by atoms with Gasteiger partial charge in [-0.25, -0.2) is 0 Å². The van der Waals surface area contributed by atoms with Gasteiger partial charge in [-0.05, 0) is 36.6 Å². The lowest BCUT2D eigenvalue weighted by Crippen LogP contribution is -2.14. The molecule has 0 spiro atoms. The summed E-state index contributed by atoms with van der Waals surface area (Å²) < 4.78 is 5.03. The number of phenolic OH excluding ortho intramolecular Hbond substituents is 1. The highest BCUT2D eigenvalue weighted by Gasteiger charge is 2.02. The average Bonchev–Trinajstić information content (AvgIpc) is 2.41. The Kier molecular flexibility index (Phi) is 8.12. The molecule has 3 heteroatoms. The Bertz CT molecular complexity index is 377. The van der Waals surface area contributed by atoms with Crippen LogP contribution in [0, 0.1) is 5.92 Å². The van der Waals surface area contributed by atoms with Crippen molar-refractivity contribution >= 4 is 0 Å². The first-order valence-electron chi connectivity index (χ1n) is 7.70. The lowest BCUT2D eigenvalue weighted by atomic mass is 10.0. The quantitative estimate of drug-likeness (QED) is 0.634. The van der Waals surface area contributed by atoms with Crippen molar-refractivity contribution in [2.24, 2.45) is 5.92 Å². The average molecular weight is 279 g/mol. The molecule has 0 bridgehead atoms. The van der Waals surface area contributed by atoms with E-state index in [1.54, 1.807) is 19.2 Å². The summed E-state index contributed by atoms with van der Waals surface area (Å²) in [5, 5.41) is 13.1. The van der Waals surface area contributed by atoms with Gasteiger partial charge in [-0.1, -0.05) is 45.6 Å². The molecule has 0 radical (unpaired) electrons. The summed E-state index contributed by atoms with van der Waals surface area (Å²) in [7, 11) is 1.56. The lowest BCUT2D eigenvalue weighted by Gasteiger charge is -2.08. The molecule has 1 aromatic carbocycles. The van der Waals surface area contributed by atoms with Crippen molar-refractivity contribution in [1.82, 2.24) is 5.32 Å². The van der Waals surface area contributed by atoms with E-state index in [0.717, 1.165) is 24.6 Å². The smallest absolute Gasteiger partial charge is 0.160 e. The monoisotopic (exact) mass is 279 g/mol. The maximum absolute atomic E-state index is 9.68. The van der Waals surface area contributed by atoms with Gasteiger partial charge in [-0.3, -0.25) is 0 Å². The molecule has 0 aliphatic rings. The normalized spacial score (nSPS) is 11.0. The van der Waals surface area contributed by atoms with E-state index in [1.807, 2.05) is 6.07 Å². The summed E-state index contributed by atoms with van der Waals surface area (Å²) >= 11 is 0. The van der Waals surface area contributed by atoms with Gasteiger partial charge in [0, 0.05) is 6.54 Å². The molecule has 1 aromatic rings. The minimum absolute atomic E-state index is 0.209. The molecule has 0 unspecified atom stereocenters. The van der Waals surface area contributed by atoms with Gasteiger partial charge in [0.25, 0.3) is 0 Å². The summed E-state index contributed by atoms with van der Waals surface area (Å²) in [5.74, 6) is 1.57. The van der Waals surface area contributed by atoms with Crippen molar-refractivity contribution in [2.45, 2.75) is 52.5 Å². The van der Waals surface area contributed by atoms with E-state index in [2.05, 4.69) is 19.2 Å². The van der Waals surface area contributed by atoms with Crippen LogP contribution in [0.25, 0.3) is 0 Å². The second kappa shape index (κ2) is 9.65. The van der Waals surface area contributed by atoms with Crippen molar-refractivity contribution in [2.75, 3.05) is 13.7 Å². The van der Waals surface area contributed by atoms with Crippen LogP contribution in [0.4, 0.5) is 0 Å². The molecule has 0 aliphatic carbocycles. The van der Waals surface area contributed by atoms with Crippen LogP contribution in [0.5, 0.6) is 11.5 Å². The highest BCUT2D eigenvalue weighted by molar-refractivity contribution is 5.41. The third-order valence-corrected chi connectivity index (χ3v) is 3.46. The molecule has 0 heterocycles. The van der Waals surface area contributed by atoms with Crippen LogP contribution in [0.2, 0.25) is 0 Å². The second-order valence-corrected chi connectivity index (χ2v) is 5.78. The van der Waals surface area contributed by atoms with Gasteiger partial charge in [0.1, 0.15) is 0 Å². The van der Waals surface area contributed by atoms with Gasteiger partial charge >= 0.3 is 0 Å². The van der Waals surface area contributed by atoms with Crippen molar-refractivity contribution in [1.29, 1.82) is 0 Å². The van der Waals surface area contributed by atoms with Crippen LogP contribution in [-0.2, 0) is 6.54 Å². The van der Waals surface area contributed by atoms with Crippen LogP contribution >= 0.6 is 0 Å². The zero-order valence-corrected chi connectivity index (χ0v) is 13.1. The topological polar surface area (TPSA) is 41.5 Å². The fourth-order valence-electron chi connectivity index (χ4n) is 2.23. The summed E-state index contributed by atoms with van der Waals surface area (Å²) in [4.78, 5) is 0. The Labute approximate surface area is 123 Å². The number of ether oxygens (including phenoxy) is 1. The van der Waals surface area contributed by atoms with Gasteiger partial charge in [0.2, 0.25) is 0 Å². The van der Waals surface area contributed by atoms with Crippen LogP contribution in [0.3, 0.4) is 0 Å². The number of benzene rings is 1. The van der Waals surface area contributed by atoms with Crippen LogP contribution in [0.1, 0.15) is 51.5 Å². The number of phenols is 1. The lowest BCUT2D eigenvalue weighted by molar-refractivity contribution is 0.373. The Morgan fingerprint density at radius 1 is 1.15 bits per heavy atom. The van der Waals surface area contributed by atoms with Gasteiger partial charge in [-0.2, -0.15) is 0 Å². The third-order valence-electron chi connectivity index (χ3n) is 3.46. The first-order chi connectivity index (χ1) is 9.63. The molecular weight excluding hydrogens is 250 g/mol. The molecule has 0 fully saturated rings. The summed E-state index contributed by atoms with van der Waals surface area (Å²) in [5.41, 5.74) is 1.09. The molecule has 0 saturated carbocycles. The molecule has 1 rings (SSSR count). The molecule has 0 aromatic heterocycles. The number of aromatic hydroxyl groups is 1. The van der Waals surface area contributed by atoms with Crippen molar-refractivity contribution in [3.8, 4) is 11.5 Å². The SMILES string of the molecule is COc1ccc(CNCCCCCCC(C)C)cc1O. The fraction of sp³-hybridized carbons (Fsp3) is 0.647. The summed E-state index contributed by atoms with van der Waals surface area (Å²) in [6.45, 7) is 6.40. The molecule has 0 aliphatic heterocycles. The van der Waals surface area contributed by atoms with Crippen molar-refractivity contribution < 1.29 is 9.84 Å². The van der Waals surface area contributed by atoms with E-state index in [4.69, 9.17) is 4.74 Å². The van der Waals surface area contributed by atoms with E-state index in [1.165, 1.54) is 32.1 Å². The molecule has 3 nitrogen and oxygen atoms in total.